The molecule has 0 saturated heterocycles. The molecule has 0 amide bonds. The highest BCUT2D eigenvalue weighted by Gasteiger charge is 2.18. The number of hydrogen-bond acceptors (Lipinski definition) is 3. The summed E-state index contributed by atoms with van der Waals surface area (Å²) in [4.78, 5) is 13.5. The Kier molecular flexibility index (Phi) is 10.8. The minimum absolute atomic E-state index is 0.453. The van der Waals surface area contributed by atoms with Crippen molar-refractivity contribution in [1.29, 1.82) is 0 Å². The molecule has 120 valence electrons. The Hall–Kier alpha value is -0.610. The molecular weight excluding hydrogens is 254 g/mol. The first kappa shape index (κ1) is 19.4. The molecule has 0 spiro atoms. The Morgan fingerprint density at radius 3 is 1.80 bits per heavy atom. The van der Waals surface area contributed by atoms with Crippen molar-refractivity contribution in [3.05, 3.63) is 0 Å². The summed E-state index contributed by atoms with van der Waals surface area (Å²) in [6.45, 7) is 14.1. The van der Waals surface area contributed by atoms with Gasteiger partial charge in [-0.2, -0.15) is 0 Å². The lowest BCUT2D eigenvalue weighted by Gasteiger charge is -2.25. The summed E-state index contributed by atoms with van der Waals surface area (Å²) < 4.78 is 5.28. The molecule has 0 fully saturated rings. The van der Waals surface area contributed by atoms with Crippen molar-refractivity contribution in [2.75, 3.05) is 26.2 Å². The number of carboxylic acid groups (broad SMARTS) is 1. The van der Waals surface area contributed by atoms with E-state index in [0.29, 0.717) is 24.9 Å². The Morgan fingerprint density at radius 2 is 1.45 bits per heavy atom. The highest BCUT2D eigenvalue weighted by atomic mass is 16.5. The predicted octanol–water partition coefficient (Wildman–Crippen LogP) is 3.26. The van der Waals surface area contributed by atoms with Crippen LogP contribution in [0, 0.1) is 11.8 Å². The number of aliphatic carboxylic acids is 1. The summed E-state index contributed by atoms with van der Waals surface area (Å²) >= 11 is 0. The molecule has 0 aromatic carbocycles. The number of rotatable bonds is 12. The minimum Gasteiger partial charge on any atom is -0.479 e. The molecular formula is C16H33NO3. The molecule has 1 unspecified atom stereocenters. The fourth-order valence-electron chi connectivity index (χ4n) is 2.00. The zero-order chi connectivity index (χ0) is 15.5. The molecule has 20 heavy (non-hydrogen) atoms. The molecule has 0 aliphatic rings. The van der Waals surface area contributed by atoms with Gasteiger partial charge in [0.1, 0.15) is 0 Å². The minimum atomic E-state index is -0.848. The van der Waals surface area contributed by atoms with Gasteiger partial charge in [-0.3, -0.25) is 0 Å². The normalized spacial score (nSPS) is 13.4. The fraction of sp³-hybridized carbons (Fsp3) is 0.938. The molecule has 0 aromatic rings. The molecule has 0 bridgehead atoms. The van der Waals surface area contributed by atoms with Crippen LogP contribution < -0.4 is 0 Å². The molecule has 1 atom stereocenters. The lowest BCUT2D eigenvalue weighted by Crippen LogP contribution is -2.34. The number of hydrogen-bond donors (Lipinski definition) is 1. The largest absolute Gasteiger partial charge is 0.479 e. The summed E-state index contributed by atoms with van der Waals surface area (Å²) in [7, 11) is 0. The first-order valence-electron chi connectivity index (χ1n) is 7.93. The maximum absolute atomic E-state index is 11.1. The molecule has 0 aliphatic carbocycles. The second kappa shape index (κ2) is 11.1. The van der Waals surface area contributed by atoms with Crippen LogP contribution in [0.25, 0.3) is 0 Å². The summed E-state index contributed by atoms with van der Waals surface area (Å²) in [5.41, 5.74) is 0. The molecule has 0 aromatic heterocycles. The monoisotopic (exact) mass is 287 g/mol. The molecule has 0 rings (SSSR count). The smallest absolute Gasteiger partial charge is 0.332 e. The van der Waals surface area contributed by atoms with Gasteiger partial charge >= 0.3 is 5.97 Å². The van der Waals surface area contributed by atoms with E-state index in [2.05, 4.69) is 32.6 Å². The van der Waals surface area contributed by atoms with Crippen molar-refractivity contribution in [2.45, 2.75) is 60.0 Å². The zero-order valence-corrected chi connectivity index (χ0v) is 13.9. The van der Waals surface area contributed by atoms with E-state index in [1.807, 2.05) is 6.92 Å². The standard InChI is InChI=1S/C16H33NO3/c1-6-20-15(16(18)19)9-12-17(10-7-13(2)3)11-8-14(4)5/h13-15H,6-12H2,1-5H3,(H,18,19). The van der Waals surface area contributed by atoms with Crippen LogP contribution in [-0.2, 0) is 9.53 Å². The first-order valence-corrected chi connectivity index (χ1v) is 7.93. The van der Waals surface area contributed by atoms with Crippen molar-refractivity contribution in [1.82, 2.24) is 4.90 Å². The SMILES string of the molecule is CCOC(CCN(CCC(C)C)CCC(C)C)C(=O)O. The Balaban J connectivity index is 4.26. The van der Waals surface area contributed by atoms with Crippen LogP contribution in [0.15, 0.2) is 0 Å². The Bertz CT molecular complexity index is 242. The molecule has 0 saturated carbocycles. The lowest BCUT2D eigenvalue weighted by molar-refractivity contribution is -0.150. The topological polar surface area (TPSA) is 49.8 Å². The molecule has 0 heterocycles. The molecule has 1 N–H and O–H groups in total. The van der Waals surface area contributed by atoms with Crippen molar-refractivity contribution in [2.24, 2.45) is 11.8 Å². The number of carboxylic acids is 1. The molecule has 4 nitrogen and oxygen atoms in total. The van der Waals surface area contributed by atoms with Crippen LogP contribution in [-0.4, -0.2) is 48.3 Å². The van der Waals surface area contributed by atoms with E-state index < -0.39 is 12.1 Å². The maximum Gasteiger partial charge on any atom is 0.332 e. The highest BCUT2D eigenvalue weighted by molar-refractivity contribution is 5.72. The van der Waals surface area contributed by atoms with E-state index in [9.17, 15) is 4.79 Å². The van der Waals surface area contributed by atoms with Gasteiger partial charge in [0.25, 0.3) is 0 Å². The third kappa shape index (κ3) is 10.2. The van der Waals surface area contributed by atoms with E-state index in [-0.39, 0.29) is 0 Å². The van der Waals surface area contributed by atoms with Crippen molar-refractivity contribution >= 4 is 5.97 Å². The van der Waals surface area contributed by atoms with Crippen molar-refractivity contribution in [3.63, 3.8) is 0 Å². The van der Waals surface area contributed by atoms with Gasteiger partial charge in [-0.25, -0.2) is 4.79 Å². The number of carbonyl (C=O) groups is 1. The fourth-order valence-corrected chi connectivity index (χ4v) is 2.00. The van der Waals surface area contributed by atoms with Crippen LogP contribution in [0.3, 0.4) is 0 Å². The van der Waals surface area contributed by atoms with Crippen molar-refractivity contribution in [3.8, 4) is 0 Å². The maximum atomic E-state index is 11.1. The van der Waals surface area contributed by atoms with E-state index >= 15 is 0 Å². The van der Waals surface area contributed by atoms with Crippen molar-refractivity contribution < 1.29 is 14.6 Å². The average Bonchev–Trinajstić information content (AvgIpc) is 2.35. The summed E-state index contributed by atoms with van der Waals surface area (Å²) in [6, 6.07) is 0. The average molecular weight is 287 g/mol. The highest BCUT2D eigenvalue weighted by Crippen LogP contribution is 2.09. The zero-order valence-electron chi connectivity index (χ0n) is 13.9. The van der Waals surface area contributed by atoms with E-state index in [1.165, 1.54) is 0 Å². The summed E-state index contributed by atoms with van der Waals surface area (Å²) in [6.07, 6.45) is 2.22. The van der Waals surface area contributed by atoms with Gasteiger partial charge < -0.3 is 14.7 Å². The lowest BCUT2D eigenvalue weighted by atomic mass is 10.1. The number of nitrogens with zero attached hydrogens (tertiary/aromatic N) is 1. The van der Waals surface area contributed by atoms with Gasteiger partial charge in [0.2, 0.25) is 0 Å². The molecule has 0 radical (unpaired) electrons. The third-order valence-corrected chi connectivity index (χ3v) is 3.40. The van der Waals surface area contributed by atoms with Crippen LogP contribution >= 0.6 is 0 Å². The van der Waals surface area contributed by atoms with E-state index in [4.69, 9.17) is 9.84 Å². The van der Waals surface area contributed by atoms with Crippen LogP contribution in [0.1, 0.15) is 53.9 Å². The predicted molar refractivity (Wildman–Crippen MR) is 83.0 cm³/mol. The van der Waals surface area contributed by atoms with E-state index in [1.54, 1.807) is 0 Å². The van der Waals surface area contributed by atoms with Crippen LogP contribution in [0.4, 0.5) is 0 Å². The van der Waals surface area contributed by atoms with Crippen LogP contribution in [0.5, 0.6) is 0 Å². The number of ether oxygens (including phenoxy) is 1. The van der Waals surface area contributed by atoms with Gasteiger partial charge in [0.15, 0.2) is 6.10 Å². The van der Waals surface area contributed by atoms with E-state index in [0.717, 1.165) is 32.5 Å². The summed E-state index contributed by atoms with van der Waals surface area (Å²) in [5.74, 6) is 0.511. The van der Waals surface area contributed by atoms with Crippen LogP contribution in [0.2, 0.25) is 0 Å². The third-order valence-electron chi connectivity index (χ3n) is 3.40. The molecule has 0 aliphatic heterocycles. The second-order valence-electron chi connectivity index (χ2n) is 6.28. The Labute approximate surface area is 124 Å². The first-order chi connectivity index (χ1) is 9.36. The van der Waals surface area contributed by atoms with Gasteiger partial charge in [0, 0.05) is 13.2 Å². The second-order valence-corrected chi connectivity index (χ2v) is 6.28. The summed E-state index contributed by atoms with van der Waals surface area (Å²) in [5, 5.41) is 9.11. The van der Waals surface area contributed by atoms with Gasteiger partial charge in [0.05, 0.1) is 0 Å². The van der Waals surface area contributed by atoms with Gasteiger partial charge in [-0.1, -0.05) is 27.7 Å². The van der Waals surface area contributed by atoms with Gasteiger partial charge in [-0.15, -0.1) is 0 Å². The quantitative estimate of drug-likeness (QED) is 0.598. The Morgan fingerprint density at radius 1 is 1.00 bits per heavy atom. The van der Waals surface area contributed by atoms with Gasteiger partial charge in [-0.05, 0) is 51.1 Å². The molecule has 4 heteroatoms.